The van der Waals surface area contributed by atoms with Crippen molar-refractivity contribution in [2.24, 2.45) is 0 Å². The third kappa shape index (κ3) is 3.03. The van der Waals surface area contributed by atoms with Crippen LogP contribution in [0, 0.1) is 0 Å². The minimum Gasteiger partial charge on any atom is -0.477 e. The summed E-state index contributed by atoms with van der Waals surface area (Å²) in [4.78, 5) is 25.7. The maximum atomic E-state index is 11.9. The molecule has 1 amide bonds. The fourth-order valence-corrected chi connectivity index (χ4v) is 3.04. The van der Waals surface area contributed by atoms with Crippen LogP contribution in [0.3, 0.4) is 0 Å². The molecule has 2 aromatic rings. The van der Waals surface area contributed by atoms with E-state index in [1.54, 1.807) is 13.0 Å². The molecule has 0 bridgehead atoms. The number of aromatic carboxylic acids is 1. The summed E-state index contributed by atoms with van der Waals surface area (Å²) in [5, 5.41) is 9.37. The molecule has 5 heteroatoms. The Morgan fingerprint density at radius 2 is 2.00 bits per heavy atom. The number of carboxylic acids is 1. The van der Waals surface area contributed by atoms with Crippen LogP contribution in [0.15, 0.2) is 49.1 Å². The highest BCUT2D eigenvalue weighted by atomic mass is 32.1. The van der Waals surface area contributed by atoms with Crippen LogP contribution in [0.1, 0.15) is 16.6 Å². The number of hydrogen-bond acceptors (Lipinski definition) is 3. The molecular formula is C16H15NO3S. The Balaban J connectivity index is 2.55. The number of rotatable bonds is 5. The Morgan fingerprint density at radius 3 is 2.52 bits per heavy atom. The van der Waals surface area contributed by atoms with E-state index in [1.165, 1.54) is 11.0 Å². The molecule has 0 aliphatic rings. The predicted molar refractivity (Wildman–Crippen MR) is 84.9 cm³/mol. The van der Waals surface area contributed by atoms with E-state index >= 15 is 0 Å². The van der Waals surface area contributed by atoms with Gasteiger partial charge < -0.3 is 10.0 Å². The Bertz CT molecular complexity index is 676. The van der Waals surface area contributed by atoms with E-state index in [1.807, 2.05) is 30.3 Å². The monoisotopic (exact) mass is 301 g/mol. The number of thiophene rings is 1. The smallest absolute Gasteiger partial charge is 0.348 e. The lowest BCUT2D eigenvalue weighted by molar-refractivity contribution is -0.114. The number of likely N-dealkylation sites (N-methyl/N-ethyl adjacent to an activating group) is 1. The molecule has 4 nitrogen and oxygen atoms in total. The van der Waals surface area contributed by atoms with Crippen LogP contribution in [0.5, 0.6) is 0 Å². The third-order valence-electron chi connectivity index (χ3n) is 3.01. The second-order valence-corrected chi connectivity index (χ2v) is 5.34. The van der Waals surface area contributed by atoms with Crippen molar-refractivity contribution in [2.75, 3.05) is 11.4 Å². The molecule has 0 radical (unpaired) electrons. The van der Waals surface area contributed by atoms with E-state index in [9.17, 15) is 14.7 Å². The zero-order valence-corrected chi connectivity index (χ0v) is 12.4. The van der Waals surface area contributed by atoms with Crippen LogP contribution >= 0.6 is 11.3 Å². The maximum Gasteiger partial charge on any atom is 0.348 e. The van der Waals surface area contributed by atoms with Crippen LogP contribution < -0.4 is 4.90 Å². The minimum atomic E-state index is -1.03. The highest BCUT2D eigenvalue weighted by Crippen LogP contribution is 2.36. The fraction of sp³-hybridized carbons (Fsp3) is 0.125. The van der Waals surface area contributed by atoms with E-state index in [0.717, 1.165) is 21.8 Å². The van der Waals surface area contributed by atoms with Crippen molar-refractivity contribution in [1.29, 1.82) is 0 Å². The molecule has 0 atom stereocenters. The molecule has 0 unspecified atom stereocenters. The quantitative estimate of drug-likeness (QED) is 0.858. The minimum absolute atomic E-state index is 0.158. The number of carbonyl (C=O) groups is 2. The first kappa shape index (κ1) is 15.0. The van der Waals surface area contributed by atoms with Crippen molar-refractivity contribution in [2.45, 2.75) is 6.92 Å². The van der Waals surface area contributed by atoms with Gasteiger partial charge in [-0.3, -0.25) is 4.79 Å². The number of carbonyl (C=O) groups excluding carboxylic acids is 1. The standard InChI is InChI=1S/C16H15NO3S/c1-3-14(18)17(4-2)12-10-13(21-15(12)16(19)20)11-8-6-5-7-9-11/h3,5-10H,1,4H2,2H3,(H,19,20). The first-order valence-electron chi connectivity index (χ1n) is 6.45. The maximum absolute atomic E-state index is 11.9. The van der Waals surface area contributed by atoms with E-state index in [2.05, 4.69) is 6.58 Å². The summed E-state index contributed by atoms with van der Waals surface area (Å²) in [5.74, 6) is -1.34. The van der Waals surface area contributed by atoms with Gasteiger partial charge in [0.2, 0.25) is 5.91 Å². The van der Waals surface area contributed by atoms with E-state index < -0.39 is 5.97 Å². The van der Waals surface area contributed by atoms with Crippen molar-refractivity contribution in [1.82, 2.24) is 0 Å². The van der Waals surface area contributed by atoms with Gasteiger partial charge in [-0.15, -0.1) is 11.3 Å². The number of nitrogens with zero attached hydrogens (tertiary/aromatic N) is 1. The summed E-state index contributed by atoms with van der Waals surface area (Å²) in [6.07, 6.45) is 1.19. The second-order valence-electron chi connectivity index (χ2n) is 4.28. The van der Waals surface area contributed by atoms with Crippen molar-refractivity contribution in [3.63, 3.8) is 0 Å². The Kier molecular flexibility index (Phi) is 4.55. The molecule has 108 valence electrons. The zero-order valence-electron chi connectivity index (χ0n) is 11.6. The van der Waals surface area contributed by atoms with Crippen molar-refractivity contribution >= 4 is 28.9 Å². The lowest BCUT2D eigenvalue weighted by Crippen LogP contribution is -2.29. The largest absolute Gasteiger partial charge is 0.477 e. The first-order valence-corrected chi connectivity index (χ1v) is 7.26. The van der Waals surface area contributed by atoms with Crippen molar-refractivity contribution in [3.05, 3.63) is 53.9 Å². The summed E-state index contributed by atoms with van der Waals surface area (Å²) in [7, 11) is 0. The van der Waals surface area contributed by atoms with Gasteiger partial charge in [0.1, 0.15) is 4.88 Å². The summed E-state index contributed by atoms with van der Waals surface area (Å²) in [5.41, 5.74) is 1.34. The highest BCUT2D eigenvalue weighted by molar-refractivity contribution is 7.18. The normalized spacial score (nSPS) is 10.1. The molecule has 0 saturated heterocycles. The van der Waals surface area contributed by atoms with Gasteiger partial charge in [0.15, 0.2) is 0 Å². The molecule has 21 heavy (non-hydrogen) atoms. The van der Waals surface area contributed by atoms with Gasteiger partial charge in [-0.2, -0.15) is 0 Å². The Hall–Kier alpha value is -2.40. The lowest BCUT2D eigenvalue weighted by atomic mass is 10.2. The molecule has 1 aromatic carbocycles. The summed E-state index contributed by atoms with van der Waals surface area (Å²) >= 11 is 1.16. The van der Waals surface area contributed by atoms with Gasteiger partial charge in [-0.1, -0.05) is 36.9 Å². The second kappa shape index (κ2) is 6.37. The van der Waals surface area contributed by atoms with E-state index in [-0.39, 0.29) is 10.8 Å². The number of amides is 1. The Labute approximate surface area is 127 Å². The molecular weight excluding hydrogens is 286 g/mol. The van der Waals surface area contributed by atoms with Crippen LogP contribution in [0.4, 0.5) is 5.69 Å². The van der Waals surface area contributed by atoms with Crippen LogP contribution in [-0.4, -0.2) is 23.5 Å². The molecule has 1 heterocycles. The fourth-order valence-electron chi connectivity index (χ4n) is 2.03. The molecule has 0 saturated carbocycles. The number of anilines is 1. The zero-order chi connectivity index (χ0) is 15.4. The highest BCUT2D eigenvalue weighted by Gasteiger charge is 2.22. The Morgan fingerprint density at radius 1 is 1.33 bits per heavy atom. The molecule has 1 N–H and O–H groups in total. The average Bonchev–Trinajstić information content (AvgIpc) is 2.94. The van der Waals surface area contributed by atoms with E-state index in [0.29, 0.717) is 12.2 Å². The van der Waals surface area contributed by atoms with Gasteiger partial charge in [0.05, 0.1) is 5.69 Å². The third-order valence-corrected chi connectivity index (χ3v) is 4.17. The average molecular weight is 301 g/mol. The van der Waals surface area contributed by atoms with Gasteiger partial charge in [0, 0.05) is 11.4 Å². The molecule has 0 spiro atoms. The topological polar surface area (TPSA) is 57.6 Å². The number of carboxylic acid groups (broad SMARTS) is 1. The molecule has 0 fully saturated rings. The molecule has 2 rings (SSSR count). The molecule has 0 aliphatic heterocycles. The van der Waals surface area contributed by atoms with Gasteiger partial charge >= 0.3 is 5.97 Å². The number of benzene rings is 1. The van der Waals surface area contributed by atoms with Crippen LogP contribution in [0.25, 0.3) is 10.4 Å². The van der Waals surface area contributed by atoms with Gasteiger partial charge in [-0.05, 0) is 24.6 Å². The van der Waals surface area contributed by atoms with E-state index in [4.69, 9.17) is 0 Å². The van der Waals surface area contributed by atoms with Crippen LogP contribution in [-0.2, 0) is 4.79 Å². The van der Waals surface area contributed by atoms with Crippen molar-refractivity contribution in [3.8, 4) is 10.4 Å². The van der Waals surface area contributed by atoms with Gasteiger partial charge in [-0.25, -0.2) is 4.79 Å². The molecule has 1 aromatic heterocycles. The summed E-state index contributed by atoms with van der Waals surface area (Å²) in [6, 6.07) is 11.2. The first-order chi connectivity index (χ1) is 10.1. The summed E-state index contributed by atoms with van der Waals surface area (Å²) in [6.45, 7) is 5.64. The predicted octanol–water partition coefficient (Wildman–Crippen LogP) is 3.65. The SMILES string of the molecule is C=CC(=O)N(CC)c1cc(-c2ccccc2)sc1C(=O)O. The van der Waals surface area contributed by atoms with Gasteiger partial charge in [0.25, 0.3) is 0 Å². The lowest BCUT2D eigenvalue weighted by Gasteiger charge is -2.18. The molecule has 0 aliphatic carbocycles. The number of hydrogen-bond donors (Lipinski definition) is 1. The van der Waals surface area contributed by atoms with Crippen molar-refractivity contribution < 1.29 is 14.7 Å². The van der Waals surface area contributed by atoms with Crippen LogP contribution in [0.2, 0.25) is 0 Å². The summed E-state index contributed by atoms with van der Waals surface area (Å²) < 4.78 is 0.